The SMILES string of the molecule is Cc1ccccc1CC(=O)c1ccc2c(c1)OCO2. The van der Waals surface area contributed by atoms with Crippen molar-refractivity contribution >= 4 is 5.78 Å². The van der Waals surface area contributed by atoms with Gasteiger partial charge in [-0.15, -0.1) is 0 Å². The van der Waals surface area contributed by atoms with Crippen molar-refractivity contribution in [1.29, 1.82) is 0 Å². The Hall–Kier alpha value is -2.29. The van der Waals surface area contributed by atoms with Gasteiger partial charge in [-0.25, -0.2) is 0 Å². The Labute approximate surface area is 111 Å². The number of carbonyl (C=O) groups is 1. The van der Waals surface area contributed by atoms with Gasteiger partial charge in [-0.3, -0.25) is 4.79 Å². The van der Waals surface area contributed by atoms with Crippen LogP contribution in [0.2, 0.25) is 0 Å². The molecule has 0 aromatic heterocycles. The van der Waals surface area contributed by atoms with Gasteiger partial charge in [0.05, 0.1) is 0 Å². The molecule has 2 aromatic rings. The number of fused-ring (bicyclic) bond motifs is 1. The molecule has 0 amide bonds. The maximum Gasteiger partial charge on any atom is 0.231 e. The molecule has 0 fully saturated rings. The summed E-state index contributed by atoms with van der Waals surface area (Å²) in [6.07, 6.45) is 0.409. The molecule has 0 N–H and O–H groups in total. The first-order valence-electron chi connectivity index (χ1n) is 6.21. The number of carbonyl (C=O) groups excluding carboxylic acids is 1. The number of rotatable bonds is 3. The number of ether oxygens (including phenoxy) is 2. The molecule has 3 nitrogen and oxygen atoms in total. The maximum atomic E-state index is 12.3. The molecule has 1 heterocycles. The second kappa shape index (κ2) is 4.76. The van der Waals surface area contributed by atoms with Gasteiger partial charge in [-0.05, 0) is 36.2 Å². The topological polar surface area (TPSA) is 35.5 Å². The van der Waals surface area contributed by atoms with Crippen LogP contribution in [0, 0.1) is 6.92 Å². The van der Waals surface area contributed by atoms with Crippen LogP contribution in [0.4, 0.5) is 0 Å². The molecule has 0 unspecified atom stereocenters. The zero-order chi connectivity index (χ0) is 13.2. The Balaban J connectivity index is 1.83. The Bertz CT molecular complexity index is 632. The molecule has 0 aliphatic carbocycles. The smallest absolute Gasteiger partial charge is 0.231 e. The predicted octanol–water partition coefficient (Wildman–Crippen LogP) is 3.15. The predicted molar refractivity (Wildman–Crippen MR) is 71.8 cm³/mol. The Morgan fingerprint density at radius 3 is 2.74 bits per heavy atom. The Kier molecular flexibility index (Phi) is 2.95. The molecule has 19 heavy (non-hydrogen) atoms. The molecule has 3 heteroatoms. The molecule has 0 saturated carbocycles. The average molecular weight is 254 g/mol. The molecule has 0 saturated heterocycles. The third-order valence-corrected chi connectivity index (χ3v) is 3.31. The van der Waals surface area contributed by atoms with Crippen molar-refractivity contribution < 1.29 is 14.3 Å². The van der Waals surface area contributed by atoms with Gasteiger partial charge in [0.25, 0.3) is 0 Å². The third kappa shape index (κ3) is 2.32. The molecule has 0 atom stereocenters. The summed E-state index contributed by atoms with van der Waals surface area (Å²) in [5.41, 5.74) is 2.86. The summed E-state index contributed by atoms with van der Waals surface area (Å²) in [5.74, 6) is 1.44. The van der Waals surface area contributed by atoms with Crippen LogP contribution >= 0.6 is 0 Å². The van der Waals surface area contributed by atoms with Crippen molar-refractivity contribution in [2.24, 2.45) is 0 Å². The van der Waals surface area contributed by atoms with Crippen LogP contribution in [0.25, 0.3) is 0 Å². The minimum atomic E-state index is 0.0904. The summed E-state index contributed by atoms with van der Waals surface area (Å²) in [4.78, 5) is 12.3. The van der Waals surface area contributed by atoms with E-state index in [1.54, 1.807) is 18.2 Å². The highest BCUT2D eigenvalue weighted by Crippen LogP contribution is 2.32. The molecule has 96 valence electrons. The fraction of sp³-hybridized carbons (Fsp3) is 0.188. The van der Waals surface area contributed by atoms with Crippen LogP contribution in [-0.2, 0) is 6.42 Å². The van der Waals surface area contributed by atoms with Gasteiger partial charge in [0.2, 0.25) is 6.79 Å². The van der Waals surface area contributed by atoms with Gasteiger partial charge in [0, 0.05) is 12.0 Å². The standard InChI is InChI=1S/C16H14O3/c1-11-4-2-3-5-12(11)8-14(17)13-6-7-15-16(9-13)19-10-18-15/h2-7,9H,8,10H2,1H3. The lowest BCUT2D eigenvalue weighted by Crippen LogP contribution is -2.04. The first-order valence-corrected chi connectivity index (χ1v) is 6.21. The maximum absolute atomic E-state index is 12.3. The van der Waals surface area contributed by atoms with Gasteiger partial charge in [-0.2, -0.15) is 0 Å². The number of hydrogen-bond donors (Lipinski definition) is 0. The molecular weight excluding hydrogens is 240 g/mol. The van der Waals surface area contributed by atoms with Crippen molar-refractivity contribution in [3.63, 3.8) is 0 Å². The summed E-state index contributed by atoms with van der Waals surface area (Å²) in [7, 11) is 0. The minimum absolute atomic E-state index is 0.0904. The number of benzene rings is 2. The Morgan fingerprint density at radius 2 is 1.89 bits per heavy atom. The molecular formula is C16H14O3. The van der Waals surface area contributed by atoms with Gasteiger partial charge in [0.1, 0.15) is 0 Å². The van der Waals surface area contributed by atoms with Crippen molar-refractivity contribution in [2.75, 3.05) is 6.79 Å². The lowest BCUT2D eigenvalue weighted by molar-refractivity contribution is 0.0992. The van der Waals surface area contributed by atoms with E-state index in [0.717, 1.165) is 11.1 Å². The monoisotopic (exact) mass is 254 g/mol. The van der Waals surface area contributed by atoms with Crippen LogP contribution < -0.4 is 9.47 Å². The van der Waals surface area contributed by atoms with E-state index in [1.807, 2.05) is 31.2 Å². The molecule has 2 aromatic carbocycles. The largest absolute Gasteiger partial charge is 0.454 e. The van der Waals surface area contributed by atoms with Crippen LogP contribution in [0.15, 0.2) is 42.5 Å². The van der Waals surface area contributed by atoms with Gasteiger partial charge < -0.3 is 9.47 Å². The molecule has 0 spiro atoms. The third-order valence-electron chi connectivity index (χ3n) is 3.31. The van der Waals surface area contributed by atoms with E-state index in [0.29, 0.717) is 23.5 Å². The number of aryl methyl sites for hydroxylation is 1. The van der Waals surface area contributed by atoms with Crippen LogP contribution in [-0.4, -0.2) is 12.6 Å². The molecule has 3 rings (SSSR count). The van der Waals surface area contributed by atoms with Crippen molar-refractivity contribution in [3.05, 3.63) is 59.2 Å². The lowest BCUT2D eigenvalue weighted by Gasteiger charge is -2.05. The van der Waals surface area contributed by atoms with E-state index in [-0.39, 0.29) is 12.6 Å². The molecule has 1 aliphatic rings. The average Bonchev–Trinajstić information content (AvgIpc) is 2.88. The number of Topliss-reactive ketones (excluding diaryl/α,β-unsaturated/α-hetero) is 1. The van der Waals surface area contributed by atoms with E-state index in [2.05, 4.69) is 0 Å². The Morgan fingerprint density at radius 1 is 1.11 bits per heavy atom. The van der Waals surface area contributed by atoms with Crippen LogP contribution in [0.5, 0.6) is 11.5 Å². The number of ketones is 1. The summed E-state index contributed by atoms with van der Waals surface area (Å²) < 4.78 is 10.5. The summed E-state index contributed by atoms with van der Waals surface area (Å²) >= 11 is 0. The van der Waals surface area contributed by atoms with E-state index in [9.17, 15) is 4.79 Å². The second-order valence-electron chi connectivity index (χ2n) is 4.59. The summed E-state index contributed by atoms with van der Waals surface area (Å²) in [5, 5.41) is 0. The van der Waals surface area contributed by atoms with E-state index >= 15 is 0 Å². The zero-order valence-corrected chi connectivity index (χ0v) is 10.7. The summed E-state index contributed by atoms with van der Waals surface area (Å²) in [6.45, 7) is 2.24. The second-order valence-corrected chi connectivity index (χ2v) is 4.59. The van der Waals surface area contributed by atoms with E-state index < -0.39 is 0 Å². The van der Waals surface area contributed by atoms with Crippen molar-refractivity contribution in [3.8, 4) is 11.5 Å². The van der Waals surface area contributed by atoms with Crippen molar-refractivity contribution in [1.82, 2.24) is 0 Å². The highest BCUT2D eigenvalue weighted by Gasteiger charge is 2.16. The highest BCUT2D eigenvalue weighted by molar-refractivity contribution is 5.98. The van der Waals surface area contributed by atoms with Gasteiger partial charge in [-0.1, -0.05) is 24.3 Å². The van der Waals surface area contributed by atoms with E-state index in [4.69, 9.17) is 9.47 Å². The quantitative estimate of drug-likeness (QED) is 0.789. The zero-order valence-electron chi connectivity index (χ0n) is 10.7. The van der Waals surface area contributed by atoms with E-state index in [1.165, 1.54) is 0 Å². The normalized spacial score (nSPS) is 12.5. The lowest BCUT2D eigenvalue weighted by atomic mass is 9.99. The molecule has 1 aliphatic heterocycles. The first-order chi connectivity index (χ1) is 9.24. The van der Waals surface area contributed by atoms with Crippen molar-refractivity contribution in [2.45, 2.75) is 13.3 Å². The fourth-order valence-electron chi connectivity index (χ4n) is 2.15. The molecule has 0 bridgehead atoms. The van der Waals surface area contributed by atoms with Gasteiger partial charge >= 0.3 is 0 Å². The van der Waals surface area contributed by atoms with Crippen LogP contribution in [0.3, 0.4) is 0 Å². The van der Waals surface area contributed by atoms with Gasteiger partial charge in [0.15, 0.2) is 17.3 Å². The minimum Gasteiger partial charge on any atom is -0.454 e. The summed E-state index contributed by atoms with van der Waals surface area (Å²) in [6, 6.07) is 13.3. The highest BCUT2D eigenvalue weighted by atomic mass is 16.7. The fourth-order valence-corrected chi connectivity index (χ4v) is 2.15. The molecule has 0 radical (unpaired) electrons. The van der Waals surface area contributed by atoms with Crippen LogP contribution in [0.1, 0.15) is 21.5 Å². The first kappa shape index (κ1) is 11.8. The number of hydrogen-bond acceptors (Lipinski definition) is 3.